The van der Waals surface area contributed by atoms with Gasteiger partial charge < -0.3 is 19.3 Å². The van der Waals surface area contributed by atoms with Crippen molar-refractivity contribution in [1.29, 1.82) is 0 Å². The number of ether oxygens (including phenoxy) is 2. The molecular formula is C22H32N2O4. The lowest BCUT2D eigenvalue weighted by Gasteiger charge is -2.34. The van der Waals surface area contributed by atoms with E-state index in [2.05, 4.69) is 4.90 Å². The summed E-state index contributed by atoms with van der Waals surface area (Å²) in [4.78, 5) is 29.5. The summed E-state index contributed by atoms with van der Waals surface area (Å²) in [5.74, 6) is 1.77. The van der Waals surface area contributed by atoms with Crippen molar-refractivity contribution in [2.75, 3.05) is 40.4 Å². The van der Waals surface area contributed by atoms with E-state index in [9.17, 15) is 9.59 Å². The number of piperidine rings is 1. The maximum atomic E-state index is 12.8. The molecule has 1 aromatic rings. The fourth-order valence-corrected chi connectivity index (χ4v) is 4.20. The van der Waals surface area contributed by atoms with Crippen molar-refractivity contribution in [3.05, 3.63) is 23.8 Å². The fourth-order valence-electron chi connectivity index (χ4n) is 4.20. The summed E-state index contributed by atoms with van der Waals surface area (Å²) < 4.78 is 10.6. The van der Waals surface area contributed by atoms with Crippen LogP contribution in [0.4, 0.5) is 0 Å². The first-order valence-electron chi connectivity index (χ1n) is 10.4. The van der Waals surface area contributed by atoms with Crippen LogP contribution in [0, 0.1) is 5.92 Å². The maximum Gasteiger partial charge on any atom is 0.226 e. The lowest BCUT2D eigenvalue weighted by Crippen LogP contribution is -2.45. The predicted molar refractivity (Wildman–Crippen MR) is 108 cm³/mol. The molecule has 0 aliphatic carbocycles. The zero-order valence-electron chi connectivity index (χ0n) is 17.1. The molecule has 0 spiro atoms. The monoisotopic (exact) mass is 388 g/mol. The number of hydrogen-bond acceptors (Lipinski definition) is 4. The molecule has 0 atom stereocenters. The van der Waals surface area contributed by atoms with Crippen LogP contribution in [-0.4, -0.2) is 62.0 Å². The second-order valence-electron chi connectivity index (χ2n) is 7.76. The molecule has 0 N–H and O–H groups in total. The molecule has 0 bridgehead atoms. The Hall–Kier alpha value is -2.24. The number of likely N-dealkylation sites (tertiary alicyclic amines) is 2. The maximum absolute atomic E-state index is 12.8. The average molecular weight is 389 g/mol. The van der Waals surface area contributed by atoms with Crippen LogP contribution in [0.25, 0.3) is 0 Å². The summed E-state index contributed by atoms with van der Waals surface area (Å²) in [6, 6.07) is 5.58. The first kappa shape index (κ1) is 20.5. The predicted octanol–water partition coefficient (Wildman–Crippen LogP) is 2.89. The fraction of sp³-hybridized carbons (Fsp3) is 0.636. The molecule has 154 valence electrons. The molecule has 2 fully saturated rings. The van der Waals surface area contributed by atoms with Gasteiger partial charge in [0.1, 0.15) is 0 Å². The molecule has 2 amide bonds. The van der Waals surface area contributed by atoms with Crippen LogP contribution < -0.4 is 9.47 Å². The van der Waals surface area contributed by atoms with Gasteiger partial charge in [-0.15, -0.1) is 0 Å². The molecule has 2 aliphatic heterocycles. The van der Waals surface area contributed by atoms with Crippen LogP contribution in [0.15, 0.2) is 18.2 Å². The molecule has 2 aliphatic rings. The van der Waals surface area contributed by atoms with Crippen LogP contribution >= 0.6 is 0 Å². The quantitative estimate of drug-likeness (QED) is 0.778. The van der Waals surface area contributed by atoms with E-state index in [1.165, 1.54) is 12.8 Å². The van der Waals surface area contributed by atoms with E-state index in [4.69, 9.17) is 9.47 Å². The van der Waals surface area contributed by atoms with E-state index >= 15 is 0 Å². The lowest BCUT2D eigenvalue weighted by molar-refractivity contribution is -0.140. The van der Waals surface area contributed by atoms with Gasteiger partial charge in [-0.2, -0.15) is 0 Å². The number of carbonyl (C=O) groups is 2. The van der Waals surface area contributed by atoms with Crippen LogP contribution in [0.3, 0.4) is 0 Å². The van der Waals surface area contributed by atoms with E-state index in [0.29, 0.717) is 36.9 Å². The molecule has 0 unspecified atom stereocenters. The Labute approximate surface area is 167 Å². The van der Waals surface area contributed by atoms with E-state index in [1.54, 1.807) is 14.2 Å². The summed E-state index contributed by atoms with van der Waals surface area (Å²) in [5.41, 5.74) is 0.908. The Bertz CT molecular complexity index is 675. The minimum absolute atomic E-state index is 0.0724. The molecule has 6 heteroatoms. The summed E-state index contributed by atoms with van der Waals surface area (Å²) in [6.45, 7) is 3.13. The SMILES string of the molecule is COc1ccc(CC(=O)N2CCC(C(=O)N3CCCCCC3)CC2)cc1OC. The molecule has 6 nitrogen and oxygen atoms in total. The largest absolute Gasteiger partial charge is 0.493 e. The molecule has 1 aromatic carbocycles. The first-order chi connectivity index (χ1) is 13.6. The highest BCUT2D eigenvalue weighted by molar-refractivity contribution is 5.81. The van der Waals surface area contributed by atoms with E-state index in [1.807, 2.05) is 23.1 Å². The van der Waals surface area contributed by atoms with Gasteiger partial charge >= 0.3 is 0 Å². The summed E-state index contributed by atoms with van der Waals surface area (Å²) in [7, 11) is 3.19. The van der Waals surface area contributed by atoms with Crippen LogP contribution in [0.1, 0.15) is 44.1 Å². The minimum Gasteiger partial charge on any atom is -0.493 e. The van der Waals surface area contributed by atoms with Crippen LogP contribution in [0.5, 0.6) is 11.5 Å². The van der Waals surface area contributed by atoms with Crippen LogP contribution in [-0.2, 0) is 16.0 Å². The Morgan fingerprint density at radius 2 is 1.54 bits per heavy atom. The van der Waals surface area contributed by atoms with Gasteiger partial charge in [-0.25, -0.2) is 0 Å². The van der Waals surface area contributed by atoms with Gasteiger partial charge in [0.05, 0.1) is 20.6 Å². The minimum atomic E-state index is 0.0724. The van der Waals surface area contributed by atoms with Crippen molar-refractivity contribution in [3.63, 3.8) is 0 Å². The molecule has 28 heavy (non-hydrogen) atoms. The third-order valence-corrected chi connectivity index (χ3v) is 5.92. The zero-order chi connectivity index (χ0) is 19.9. The highest BCUT2D eigenvalue weighted by atomic mass is 16.5. The van der Waals surface area contributed by atoms with Gasteiger partial charge in [0.2, 0.25) is 11.8 Å². The molecule has 3 rings (SSSR count). The first-order valence-corrected chi connectivity index (χ1v) is 10.4. The van der Waals surface area contributed by atoms with E-state index in [-0.39, 0.29) is 11.8 Å². The second kappa shape index (κ2) is 9.80. The number of benzene rings is 1. The lowest BCUT2D eigenvalue weighted by atomic mass is 9.94. The van der Waals surface area contributed by atoms with Gasteiger partial charge in [0, 0.05) is 32.1 Å². The summed E-state index contributed by atoms with van der Waals surface area (Å²) in [5, 5.41) is 0. The van der Waals surface area contributed by atoms with Crippen molar-refractivity contribution < 1.29 is 19.1 Å². The number of hydrogen-bond donors (Lipinski definition) is 0. The van der Waals surface area contributed by atoms with Gasteiger partial charge in [-0.1, -0.05) is 18.9 Å². The van der Waals surface area contributed by atoms with Gasteiger partial charge in [-0.3, -0.25) is 9.59 Å². The summed E-state index contributed by atoms with van der Waals surface area (Å²) >= 11 is 0. The van der Waals surface area contributed by atoms with Crippen molar-refractivity contribution in [2.24, 2.45) is 5.92 Å². The van der Waals surface area contributed by atoms with Gasteiger partial charge in [0.15, 0.2) is 11.5 Å². The van der Waals surface area contributed by atoms with E-state index < -0.39 is 0 Å². The molecule has 2 saturated heterocycles. The number of methoxy groups -OCH3 is 2. The highest BCUT2D eigenvalue weighted by Gasteiger charge is 2.30. The molecular weight excluding hydrogens is 356 g/mol. The highest BCUT2D eigenvalue weighted by Crippen LogP contribution is 2.28. The van der Waals surface area contributed by atoms with E-state index in [0.717, 1.165) is 44.3 Å². The Kier molecular flexibility index (Phi) is 7.18. The summed E-state index contributed by atoms with van der Waals surface area (Å²) in [6.07, 6.45) is 6.58. The average Bonchev–Trinajstić information content (AvgIpc) is 3.02. The van der Waals surface area contributed by atoms with Crippen molar-refractivity contribution in [2.45, 2.75) is 44.9 Å². The number of amides is 2. The Balaban J connectivity index is 1.51. The third-order valence-electron chi connectivity index (χ3n) is 5.92. The molecule has 0 radical (unpaired) electrons. The third kappa shape index (κ3) is 4.97. The van der Waals surface area contributed by atoms with Crippen molar-refractivity contribution >= 4 is 11.8 Å². The zero-order valence-corrected chi connectivity index (χ0v) is 17.1. The smallest absolute Gasteiger partial charge is 0.226 e. The van der Waals surface area contributed by atoms with Gasteiger partial charge in [-0.05, 0) is 43.4 Å². The standard InChI is InChI=1S/C22H32N2O4/c1-27-19-8-7-17(15-20(19)28-2)16-21(25)23-13-9-18(10-14-23)22(26)24-11-5-3-4-6-12-24/h7-8,15,18H,3-6,9-14,16H2,1-2H3. The number of nitrogens with zero attached hydrogens (tertiary/aromatic N) is 2. The van der Waals surface area contributed by atoms with Crippen molar-refractivity contribution in [1.82, 2.24) is 9.80 Å². The topological polar surface area (TPSA) is 59.1 Å². The molecule has 2 heterocycles. The molecule has 0 aromatic heterocycles. The Morgan fingerprint density at radius 3 is 2.14 bits per heavy atom. The van der Waals surface area contributed by atoms with Crippen molar-refractivity contribution in [3.8, 4) is 11.5 Å². The number of rotatable bonds is 5. The molecule has 0 saturated carbocycles. The normalized spacial score (nSPS) is 18.5. The van der Waals surface area contributed by atoms with Gasteiger partial charge in [0.25, 0.3) is 0 Å². The number of carbonyl (C=O) groups excluding carboxylic acids is 2. The Morgan fingerprint density at radius 1 is 0.893 bits per heavy atom. The van der Waals surface area contributed by atoms with Crippen LogP contribution in [0.2, 0.25) is 0 Å². The second-order valence-corrected chi connectivity index (χ2v) is 7.76.